The van der Waals surface area contributed by atoms with Gasteiger partial charge in [0, 0.05) is 5.88 Å². The molecule has 0 rings (SSSR count). The molecule has 0 amide bonds. The number of alkyl halides is 1. The maximum absolute atomic E-state index is 5.66. The third-order valence-corrected chi connectivity index (χ3v) is 4.15. The van der Waals surface area contributed by atoms with E-state index in [9.17, 15) is 0 Å². The van der Waals surface area contributed by atoms with Gasteiger partial charge >= 0.3 is 0 Å². The SMILES string of the molecule is [CH2]CCCCCCCCCCCCCCCCCCl. The van der Waals surface area contributed by atoms with Crippen LogP contribution < -0.4 is 0 Å². The zero-order valence-electron chi connectivity index (χ0n) is 13.1. The summed E-state index contributed by atoms with van der Waals surface area (Å²) in [5, 5.41) is 0. The largest absolute Gasteiger partial charge is 0.127 e. The summed E-state index contributed by atoms with van der Waals surface area (Å²) in [6.45, 7) is 3.88. The van der Waals surface area contributed by atoms with Crippen molar-refractivity contribution in [1.29, 1.82) is 0 Å². The van der Waals surface area contributed by atoms with E-state index >= 15 is 0 Å². The first-order chi connectivity index (χ1) is 9.41. The topological polar surface area (TPSA) is 0 Å². The smallest absolute Gasteiger partial charge is 0.0223 e. The van der Waals surface area contributed by atoms with Crippen LogP contribution in [0.2, 0.25) is 0 Å². The standard InChI is InChI=1S/C18H36Cl/c1-2-3-4-5-6-7-8-9-10-11-12-13-14-15-16-17-18-19/h1-18H2. The lowest BCUT2D eigenvalue weighted by Crippen LogP contribution is -1.83. The Morgan fingerprint density at radius 3 is 0.947 bits per heavy atom. The molecule has 1 heteroatoms. The molecule has 0 aliphatic rings. The summed E-state index contributed by atoms with van der Waals surface area (Å²) in [5.41, 5.74) is 0. The Bertz CT molecular complexity index is 129. The van der Waals surface area contributed by atoms with Gasteiger partial charge in [-0.15, -0.1) is 11.6 Å². The van der Waals surface area contributed by atoms with E-state index in [1.54, 1.807) is 0 Å². The Morgan fingerprint density at radius 2 is 0.684 bits per heavy atom. The molecule has 0 fully saturated rings. The number of halogens is 1. The average Bonchev–Trinajstić information content (AvgIpc) is 2.43. The summed E-state index contributed by atoms with van der Waals surface area (Å²) >= 11 is 5.66. The Kier molecular flexibility index (Phi) is 18.6. The highest BCUT2D eigenvalue weighted by atomic mass is 35.5. The van der Waals surface area contributed by atoms with Crippen LogP contribution in [-0.2, 0) is 0 Å². The molecule has 0 aromatic heterocycles. The maximum atomic E-state index is 5.66. The molecule has 0 unspecified atom stereocenters. The van der Waals surface area contributed by atoms with Gasteiger partial charge in [0.05, 0.1) is 0 Å². The molecule has 115 valence electrons. The van der Waals surface area contributed by atoms with E-state index in [4.69, 9.17) is 11.6 Å². The van der Waals surface area contributed by atoms with Crippen molar-refractivity contribution in [3.8, 4) is 0 Å². The summed E-state index contributed by atoms with van der Waals surface area (Å²) in [4.78, 5) is 0. The highest BCUT2D eigenvalue weighted by Crippen LogP contribution is 2.13. The second kappa shape index (κ2) is 18.3. The van der Waals surface area contributed by atoms with Gasteiger partial charge in [-0.1, -0.05) is 103 Å². The first-order valence-electron chi connectivity index (χ1n) is 8.77. The summed E-state index contributed by atoms with van der Waals surface area (Å²) in [6, 6.07) is 0. The van der Waals surface area contributed by atoms with Crippen molar-refractivity contribution in [1.82, 2.24) is 0 Å². The van der Waals surface area contributed by atoms with Gasteiger partial charge in [-0.2, -0.15) is 0 Å². The minimum absolute atomic E-state index is 0.843. The predicted octanol–water partition coefficient (Wildman–Crippen LogP) is 7.30. The van der Waals surface area contributed by atoms with Gasteiger partial charge in [0.15, 0.2) is 0 Å². The third-order valence-electron chi connectivity index (χ3n) is 3.88. The molecule has 0 nitrogen and oxygen atoms in total. The number of hydrogen-bond acceptors (Lipinski definition) is 0. The highest BCUT2D eigenvalue weighted by molar-refractivity contribution is 6.17. The van der Waals surface area contributed by atoms with Crippen LogP contribution in [0, 0.1) is 6.92 Å². The van der Waals surface area contributed by atoms with Crippen molar-refractivity contribution < 1.29 is 0 Å². The van der Waals surface area contributed by atoms with Gasteiger partial charge in [-0.25, -0.2) is 0 Å². The molecule has 0 aromatic rings. The fraction of sp³-hybridized carbons (Fsp3) is 0.944. The van der Waals surface area contributed by atoms with Gasteiger partial charge in [0.1, 0.15) is 0 Å². The van der Waals surface area contributed by atoms with Crippen LogP contribution >= 0.6 is 11.6 Å². The zero-order chi connectivity index (χ0) is 14.0. The van der Waals surface area contributed by atoms with E-state index in [0.29, 0.717) is 0 Å². The molecule has 0 N–H and O–H groups in total. The van der Waals surface area contributed by atoms with Crippen LogP contribution in [0.4, 0.5) is 0 Å². The van der Waals surface area contributed by atoms with E-state index in [2.05, 4.69) is 6.92 Å². The number of unbranched alkanes of at least 4 members (excludes halogenated alkanes) is 15. The zero-order valence-corrected chi connectivity index (χ0v) is 13.9. The molecule has 1 radical (unpaired) electrons. The van der Waals surface area contributed by atoms with Crippen LogP contribution in [0.5, 0.6) is 0 Å². The van der Waals surface area contributed by atoms with Crippen molar-refractivity contribution in [3.63, 3.8) is 0 Å². The van der Waals surface area contributed by atoms with Crippen LogP contribution in [-0.4, -0.2) is 5.88 Å². The second-order valence-electron chi connectivity index (χ2n) is 5.85. The number of hydrogen-bond donors (Lipinski definition) is 0. The Morgan fingerprint density at radius 1 is 0.421 bits per heavy atom. The Balaban J connectivity index is 2.88. The molecule has 0 atom stereocenters. The summed E-state index contributed by atoms with van der Waals surface area (Å²) in [6.07, 6.45) is 22.2. The van der Waals surface area contributed by atoms with Gasteiger partial charge in [0.2, 0.25) is 0 Å². The molecule has 0 bridgehead atoms. The minimum atomic E-state index is 0.843. The Labute approximate surface area is 127 Å². The van der Waals surface area contributed by atoms with E-state index in [0.717, 1.165) is 12.3 Å². The molecule has 0 aliphatic heterocycles. The molecule has 0 spiro atoms. The van der Waals surface area contributed by atoms with Gasteiger partial charge < -0.3 is 0 Å². The lowest BCUT2D eigenvalue weighted by Gasteiger charge is -2.03. The highest BCUT2D eigenvalue weighted by Gasteiger charge is 1.94. The first-order valence-corrected chi connectivity index (χ1v) is 9.30. The van der Waals surface area contributed by atoms with Crippen molar-refractivity contribution in [2.75, 3.05) is 5.88 Å². The van der Waals surface area contributed by atoms with Crippen LogP contribution in [0.25, 0.3) is 0 Å². The summed E-state index contributed by atoms with van der Waals surface area (Å²) in [7, 11) is 0. The summed E-state index contributed by atoms with van der Waals surface area (Å²) < 4.78 is 0. The second-order valence-corrected chi connectivity index (χ2v) is 6.22. The van der Waals surface area contributed by atoms with Crippen LogP contribution in [0.15, 0.2) is 0 Å². The molecule has 0 saturated carbocycles. The van der Waals surface area contributed by atoms with E-state index in [1.165, 1.54) is 96.3 Å². The third kappa shape index (κ3) is 18.3. The maximum Gasteiger partial charge on any atom is 0.0223 e. The molecule has 0 saturated heterocycles. The average molecular weight is 288 g/mol. The van der Waals surface area contributed by atoms with E-state index in [-0.39, 0.29) is 0 Å². The lowest BCUT2D eigenvalue weighted by molar-refractivity contribution is 0.533. The fourth-order valence-corrected chi connectivity index (χ4v) is 2.76. The van der Waals surface area contributed by atoms with Crippen molar-refractivity contribution >= 4 is 11.6 Å². The normalized spacial score (nSPS) is 11.1. The van der Waals surface area contributed by atoms with Crippen molar-refractivity contribution in [2.24, 2.45) is 0 Å². The predicted molar refractivity (Wildman–Crippen MR) is 89.9 cm³/mol. The minimum Gasteiger partial charge on any atom is -0.127 e. The number of rotatable bonds is 16. The molecular formula is C18H36Cl. The lowest BCUT2D eigenvalue weighted by atomic mass is 10.0. The van der Waals surface area contributed by atoms with Crippen molar-refractivity contribution in [2.45, 2.75) is 103 Å². The molecule has 0 aromatic carbocycles. The van der Waals surface area contributed by atoms with E-state index < -0.39 is 0 Å². The quantitative estimate of drug-likeness (QED) is 0.206. The molecule has 0 heterocycles. The monoisotopic (exact) mass is 287 g/mol. The van der Waals surface area contributed by atoms with E-state index in [1.807, 2.05) is 0 Å². The van der Waals surface area contributed by atoms with Crippen molar-refractivity contribution in [3.05, 3.63) is 6.92 Å². The molecule has 19 heavy (non-hydrogen) atoms. The first kappa shape index (κ1) is 19.3. The van der Waals surface area contributed by atoms with Crippen LogP contribution in [0.1, 0.15) is 103 Å². The van der Waals surface area contributed by atoms with Gasteiger partial charge in [-0.3, -0.25) is 0 Å². The fourth-order valence-electron chi connectivity index (χ4n) is 2.57. The van der Waals surface area contributed by atoms with Gasteiger partial charge in [-0.05, 0) is 6.42 Å². The van der Waals surface area contributed by atoms with Crippen LogP contribution in [0.3, 0.4) is 0 Å². The molecule has 0 aliphatic carbocycles. The van der Waals surface area contributed by atoms with Gasteiger partial charge in [0.25, 0.3) is 0 Å². The Hall–Kier alpha value is 0.290. The summed E-state index contributed by atoms with van der Waals surface area (Å²) in [5.74, 6) is 0.843. The molecular weight excluding hydrogens is 252 g/mol.